The number of carbonyl (C=O) groups excluding carboxylic acids is 1. The fourth-order valence-corrected chi connectivity index (χ4v) is 2.06. The van der Waals surface area contributed by atoms with E-state index in [4.69, 9.17) is 5.11 Å². The number of amides is 1. The van der Waals surface area contributed by atoms with Gasteiger partial charge in [0.15, 0.2) is 0 Å². The number of aryl methyl sites for hydroxylation is 2. The molecule has 2 aromatic carbocycles. The lowest BCUT2D eigenvalue weighted by atomic mass is 10.0. The fourth-order valence-electron chi connectivity index (χ4n) is 2.06. The van der Waals surface area contributed by atoms with E-state index in [2.05, 4.69) is 5.32 Å². The summed E-state index contributed by atoms with van der Waals surface area (Å²) in [5, 5.41) is 11.6. The summed E-state index contributed by atoms with van der Waals surface area (Å²) in [6, 6.07) is 11.8. The average molecular weight is 269 g/mol. The molecule has 0 atom stereocenters. The molecule has 2 rings (SSSR count). The molecule has 0 heterocycles. The Kier molecular flexibility index (Phi) is 3.84. The molecule has 0 fully saturated rings. The van der Waals surface area contributed by atoms with Gasteiger partial charge in [0.25, 0.3) is 5.91 Å². The van der Waals surface area contributed by atoms with Gasteiger partial charge >= 0.3 is 5.97 Å². The highest BCUT2D eigenvalue weighted by molar-refractivity contribution is 6.06. The van der Waals surface area contributed by atoms with Crippen LogP contribution in [0.5, 0.6) is 0 Å². The van der Waals surface area contributed by atoms with Crippen LogP contribution in [0.25, 0.3) is 0 Å². The summed E-state index contributed by atoms with van der Waals surface area (Å²) in [6.07, 6.45) is 0. The third-order valence-corrected chi connectivity index (χ3v) is 3.10. The number of benzene rings is 2. The lowest BCUT2D eigenvalue weighted by Crippen LogP contribution is -2.15. The van der Waals surface area contributed by atoms with Gasteiger partial charge in [0, 0.05) is 11.3 Å². The smallest absolute Gasteiger partial charge is 0.335 e. The molecule has 0 unspecified atom stereocenters. The van der Waals surface area contributed by atoms with Crippen molar-refractivity contribution in [2.75, 3.05) is 5.32 Å². The highest BCUT2D eigenvalue weighted by atomic mass is 16.4. The van der Waals surface area contributed by atoms with E-state index in [0.29, 0.717) is 11.3 Å². The van der Waals surface area contributed by atoms with Crippen molar-refractivity contribution in [2.24, 2.45) is 0 Å². The van der Waals surface area contributed by atoms with Crippen molar-refractivity contribution in [2.45, 2.75) is 13.8 Å². The predicted molar refractivity (Wildman–Crippen MR) is 77.3 cm³/mol. The highest BCUT2D eigenvalue weighted by Gasteiger charge is 2.12. The minimum atomic E-state index is -0.988. The molecular formula is C16H15NO3. The molecule has 4 nitrogen and oxygen atoms in total. The summed E-state index contributed by atoms with van der Waals surface area (Å²) in [5.41, 5.74) is 3.22. The Bertz CT molecular complexity index is 640. The van der Waals surface area contributed by atoms with Gasteiger partial charge in [-0.1, -0.05) is 18.2 Å². The van der Waals surface area contributed by atoms with Crippen molar-refractivity contribution in [3.05, 3.63) is 64.7 Å². The Balaban J connectivity index is 2.21. The van der Waals surface area contributed by atoms with E-state index in [1.54, 1.807) is 12.1 Å². The van der Waals surface area contributed by atoms with E-state index >= 15 is 0 Å². The van der Waals surface area contributed by atoms with Crippen LogP contribution in [-0.4, -0.2) is 17.0 Å². The number of nitrogens with one attached hydrogen (secondary N) is 1. The van der Waals surface area contributed by atoms with Crippen LogP contribution in [0, 0.1) is 13.8 Å². The normalized spacial score (nSPS) is 10.1. The molecule has 0 saturated carbocycles. The summed E-state index contributed by atoms with van der Waals surface area (Å²) in [7, 11) is 0. The summed E-state index contributed by atoms with van der Waals surface area (Å²) in [5.74, 6) is -1.18. The third kappa shape index (κ3) is 2.85. The zero-order valence-electron chi connectivity index (χ0n) is 11.3. The van der Waals surface area contributed by atoms with Crippen LogP contribution < -0.4 is 5.32 Å². The number of carboxylic acid groups (broad SMARTS) is 1. The zero-order valence-corrected chi connectivity index (χ0v) is 11.3. The molecule has 0 bridgehead atoms. The zero-order chi connectivity index (χ0) is 14.7. The number of hydrogen-bond donors (Lipinski definition) is 2. The van der Waals surface area contributed by atoms with Crippen molar-refractivity contribution in [1.29, 1.82) is 0 Å². The monoisotopic (exact) mass is 269 g/mol. The SMILES string of the molecule is Cc1cccc(C)c1C(=O)Nc1ccc(C(=O)O)cc1. The number of aromatic carboxylic acids is 1. The Labute approximate surface area is 117 Å². The van der Waals surface area contributed by atoms with Gasteiger partial charge in [-0.25, -0.2) is 4.79 Å². The van der Waals surface area contributed by atoms with Gasteiger partial charge in [-0.15, -0.1) is 0 Å². The first-order valence-electron chi connectivity index (χ1n) is 6.20. The largest absolute Gasteiger partial charge is 0.478 e. The molecule has 0 aromatic heterocycles. The Morgan fingerprint density at radius 2 is 1.50 bits per heavy atom. The Morgan fingerprint density at radius 3 is 2.00 bits per heavy atom. The van der Waals surface area contributed by atoms with Gasteiger partial charge in [0.05, 0.1) is 5.56 Å². The second-order valence-corrected chi connectivity index (χ2v) is 4.60. The van der Waals surface area contributed by atoms with Gasteiger partial charge in [-0.3, -0.25) is 4.79 Å². The van der Waals surface area contributed by atoms with Crippen molar-refractivity contribution < 1.29 is 14.7 Å². The number of rotatable bonds is 3. The molecule has 4 heteroatoms. The predicted octanol–water partition coefficient (Wildman–Crippen LogP) is 3.25. The van der Waals surface area contributed by atoms with E-state index in [1.807, 2.05) is 32.0 Å². The molecule has 0 aliphatic heterocycles. The van der Waals surface area contributed by atoms with E-state index in [9.17, 15) is 9.59 Å². The summed E-state index contributed by atoms with van der Waals surface area (Å²) in [4.78, 5) is 23.0. The average Bonchev–Trinajstić information content (AvgIpc) is 2.39. The maximum Gasteiger partial charge on any atom is 0.335 e. The van der Waals surface area contributed by atoms with Crippen LogP contribution >= 0.6 is 0 Å². The molecule has 1 amide bonds. The number of carbonyl (C=O) groups is 2. The van der Waals surface area contributed by atoms with Gasteiger partial charge < -0.3 is 10.4 Å². The summed E-state index contributed by atoms with van der Waals surface area (Å²) in [6.45, 7) is 3.77. The fraction of sp³-hybridized carbons (Fsp3) is 0.125. The van der Waals surface area contributed by atoms with E-state index in [-0.39, 0.29) is 11.5 Å². The topological polar surface area (TPSA) is 66.4 Å². The number of anilines is 1. The minimum Gasteiger partial charge on any atom is -0.478 e. The molecule has 0 aliphatic rings. The van der Waals surface area contributed by atoms with Gasteiger partial charge in [-0.2, -0.15) is 0 Å². The molecule has 0 radical (unpaired) electrons. The van der Waals surface area contributed by atoms with Crippen LogP contribution in [0.2, 0.25) is 0 Å². The number of hydrogen-bond acceptors (Lipinski definition) is 2. The Morgan fingerprint density at radius 1 is 0.950 bits per heavy atom. The maximum atomic E-state index is 12.2. The summed E-state index contributed by atoms with van der Waals surface area (Å²) >= 11 is 0. The molecule has 2 aromatic rings. The van der Waals surface area contributed by atoms with Crippen molar-refractivity contribution >= 4 is 17.6 Å². The third-order valence-electron chi connectivity index (χ3n) is 3.10. The van der Waals surface area contributed by atoms with Crippen LogP contribution in [0.15, 0.2) is 42.5 Å². The maximum absolute atomic E-state index is 12.2. The van der Waals surface area contributed by atoms with E-state index in [0.717, 1.165) is 11.1 Å². The lowest BCUT2D eigenvalue weighted by Gasteiger charge is -2.10. The second-order valence-electron chi connectivity index (χ2n) is 4.60. The first-order valence-corrected chi connectivity index (χ1v) is 6.20. The number of carboxylic acids is 1. The molecule has 0 saturated heterocycles. The van der Waals surface area contributed by atoms with Crippen LogP contribution in [-0.2, 0) is 0 Å². The van der Waals surface area contributed by atoms with Crippen LogP contribution in [0.4, 0.5) is 5.69 Å². The van der Waals surface area contributed by atoms with Crippen molar-refractivity contribution in [3.8, 4) is 0 Å². The van der Waals surface area contributed by atoms with Crippen molar-refractivity contribution in [1.82, 2.24) is 0 Å². The standard InChI is InChI=1S/C16H15NO3/c1-10-4-3-5-11(2)14(10)15(18)17-13-8-6-12(7-9-13)16(19)20/h3-9H,1-2H3,(H,17,18)(H,19,20). The van der Waals surface area contributed by atoms with Crippen LogP contribution in [0.3, 0.4) is 0 Å². The minimum absolute atomic E-state index is 0.190. The van der Waals surface area contributed by atoms with Gasteiger partial charge in [0.2, 0.25) is 0 Å². The molecule has 20 heavy (non-hydrogen) atoms. The molecular weight excluding hydrogens is 254 g/mol. The second kappa shape index (κ2) is 5.57. The quantitative estimate of drug-likeness (QED) is 0.898. The van der Waals surface area contributed by atoms with E-state index in [1.165, 1.54) is 12.1 Å². The van der Waals surface area contributed by atoms with E-state index < -0.39 is 5.97 Å². The summed E-state index contributed by atoms with van der Waals surface area (Å²) < 4.78 is 0. The molecule has 0 spiro atoms. The highest BCUT2D eigenvalue weighted by Crippen LogP contribution is 2.16. The molecule has 0 aliphatic carbocycles. The van der Waals surface area contributed by atoms with Crippen LogP contribution in [0.1, 0.15) is 31.8 Å². The van der Waals surface area contributed by atoms with Crippen molar-refractivity contribution in [3.63, 3.8) is 0 Å². The molecule has 102 valence electrons. The Hall–Kier alpha value is -2.62. The lowest BCUT2D eigenvalue weighted by molar-refractivity contribution is 0.0696. The van der Waals surface area contributed by atoms with Gasteiger partial charge in [-0.05, 0) is 49.2 Å². The van der Waals surface area contributed by atoms with Gasteiger partial charge in [0.1, 0.15) is 0 Å². The first-order chi connectivity index (χ1) is 9.49. The molecule has 2 N–H and O–H groups in total. The first kappa shape index (κ1) is 13.8.